The Bertz CT molecular complexity index is 1130. The second-order valence-electron chi connectivity index (χ2n) is 7.76. The smallest absolute Gasteiger partial charge is 0.259 e. The quantitative estimate of drug-likeness (QED) is 0.576. The van der Waals surface area contributed by atoms with Gasteiger partial charge in [0.05, 0.1) is 7.11 Å². The summed E-state index contributed by atoms with van der Waals surface area (Å²) in [5.74, 6) is 0.380. The van der Waals surface area contributed by atoms with Crippen molar-refractivity contribution in [3.8, 4) is 5.75 Å². The van der Waals surface area contributed by atoms with Gasteiger partial charge in [0.1, 0.15) is 11.3 Å². The van der Waals surface area contributed by atoms with Crippen LogP contribution in [0, 0.1) is 0 Å². The number of halogens is 1. The van der Waals surface area contributed by atoms with Crippen molar-refractivity contribution in [3.05, 3.63) is 94.0 Å². The number of fused-ring (bicyclic) bond motifs is 1. The number of carbonyl (C=O) groups is 2. The topological polar surface area (TPSA) is 58.6 Å². The highest BCUT2D eigenvalue weighted by molar-refractivity contribution is 9.10. The number of nitrogens with one attached hydrogen (secondary N) is 1. The Balaban J connectivity index is 1.67. The van der Waals surface area contributed by atoms with Gasteiger partial charge >= 0.3 is 0 Å². The monoisotopic (exact) mass is 478 g/mol. The molecular formula is C25H23BrN2O3. The molecule has 2 amide bonds. The van der Waals surface area contributed by atoms with Crippen LogP contribution in [0.3, 0.4) is 0 Å². The molecule has 0 bridgehead atoms. The summed E-state index contributed by atoms with van der Waals surface area (Å²) in [5.41, 5.74) is 2.06. The van der Waals surface area contributed by atoms with Gasteiger partial charge in [-0.25, -0.2) is 0 Å². The van der Waals surface area contributed by atoms with Crippen LogP contribution in [-0.2, 0) is 17.8 Å². The molecule has 1 heterocycles. The lowest BCUT2D eigenvalue weighted by Gasteiger charge is -2.44. The molecule has 0 fully saturated rings. The lowest BCUT2D eigenvalue weighted by atomic mass is 9.82. The van der Waals surface area contributed by atoms with Crippen molar-refractivity contribution in [2.45, 2.75) is 25.4 Å². The third kappa shape index (κ3) is 4.08. The molecule has 0 radical (unpaired) electrons. The number of amides is 2. The summed E-state index contributed by atoms with van der Waals surface area (Å²) in [6.07, 6.45) is 0.426. The highest BCUT2D eigenvalue weighted by Gasteiger charge is 2.47. The van der Waals surface area contributed by atoms with Crippen LogP contribution in [0.2, 0.25) is 0 Å². The molecule has 1 aliphatic heterocycles. The lowest BCUT2D eigenvalue weighted by Crippen LogP contribution is -2.63. The summed E-state index contributed by atoms with van der Waals surface area (Å²) >= 11 is 3.48. The summed E-state index contributed by atoms with van der Waals surface area (Å²) in [5, 5.41) is 3.03. The van der Waals surface area contributed by atoms with Crippen molar-refractivity contribution >= 4 is 33.4 Å². The molecule has 31 heavy (non-hydrogen) atoms. The molecular weight excluding hydrogens is 456 g/mol. The predicted molar refractivity (Wildman–Crippen MR) is 124 cm³/mol. The van der Waals surface area contributed by atoms with E-state index in [2.05, 4.69) is 21.2 Å². The molecule has 1 N–H and O–H groups in total. The molecule has 5 nitrogen and oxygen atoms in total. The minimum atomic E-state index is -1.07. The van der Waals surface area contributed by atoms with E-state index >= 15 is 0 Å². The fourth-order valence-corrected chi connectivity index (χ4v) is 4.38. The van der Waals surface area contributed by atoms with E-state index in [0.29, 0.717) is 24.2 Å². The van der Waals surface area contributed by atoms with Crippen molar-refractivity contribution in [1.29, 1.82) is 0 Å². The molecule has 0 aromatic heterocycles. The fraction of sp³-hybridized carbons (Fsp3) is 0.200. The number of rotatable bonds is 5. The number of carbonyl (C=O) groups excluding carboxylic acids is 2. The SMILES string of the molecule is COc1ccc(CNC(=O)[C@@]2(C)Cc3ccccc3C(=O)N2c2cccc(Br)c2)cc1. The van der Waals surface area contributed by atoms with E-state index in [1.807, 2.05) is 79.7 Å². The lowest BCUT2D eigenvalue weighted by molar-refractivity contribution is -0.126. The van der Waals surface area contributed by atoms with Crippen LogP contribution < -0.4 is 15.0 Å². The molecule has 1 aliphatic rings. The molecule has 0 saturated heterocycles. The van der Waals surface area contributed by atoms with E-state index in [0.717, 1.165) is 21.3 Å². The number of benzene rings is 3. The number of nitrogens with zero attached hydrogens (tertiary/aromatic N) is 1. The molecule has 0 spiro atoms. The van der Waals surface area contributed by atoms with Gasteiger partial charge in [0.2, 0.25) is 5.91 Å². The van der Waals surface area contributed by atoms with Gasteiger partial charge in [-0.2, -0.15) is 0 Å². The molecule has 158 valence electrons. The maximum absolute atomic E-state index is 13.5. The maximum Gasteiger partial charge on any atom is 0.259 e. The first-order chi connectivity index (χ1) is 14.9. The van der Waals surface area contributed by atoms with Gasteiger partial charge in [-0.15, -0.1) is 0 Å². The zero-order chi connectivity index (χ0) is 22.0. The predicted octanol–water partition coefficient (Wildman–Crippen LogP) is 4.74. The molecule has 3 aromatic rings. The maximum atomic E-state index is 13.5. The number of anilines is 1. The highest BCUT2D eigenvalue weighted by Crippen LogP contribution is 2.36. The first kappa shape index (κ1) is 21.1. The van der Waals surface area contributed by atoms with Crippen LogP contribution in [0.5, 0.6) is 5.75 Å². The van der Waals surface area contributed by atoms with E-state index in [9.17, 15) is 9.59 Å². The van der Waals surface area contributed by atoms with E-state index in [4.69, 9.17) is 4.74 Å². The average Bonchev–Trinajstić information content (AvgIpc) is 2.78. The second kappa shape index (κ2) is 8.55. The summed E-state index contributed by atoms with van der Waals surface area (Å²) in [6, 6.07) is 22.5. The Morgan fingerprint density at radius 3 is 2.55 bits per heavy atom. The average molecular weight is 479 g/mol. The highest BCUT2D eigenvalue weighted by atomic mass is 79.9. The summed E-state index contributed by atoms with van der Waals surface area (Å²) in [7, 11) is 1.62. The van der Waals surface area contributed by atoms with Crippen LogP contribution in [0.1, 0.15) is 28.4 Å². The number of ether oxygens (including phenoxy) is 1. The van der Waals surface area contributed by atoms with E-state index in [1.54, 1.807) is 12.0 Å². The largest absolute Gasteiger partial charge is 0.497 e. The van der Waals surface area contributed by atoms with Gasteiger partial charge in [0.15, 0.2) is 0 Å². The van der Waals surface area contributed by atoms with E-state index in [-0.39, 0.29) is 11.8 Å². The Morgan fingerprint density at radius 2 is 1.84 bits per heavy atom. The molecule has 0 unspecified atom stereocenters. The van der Waals surface area contributed by atoms with Crippen LogP contribution in [-0.4, -0.2) is 24.5 Å². The van der Waals surface area contributed by atoms with Crippen molar-refractivity contribution in [3.63, 3.8) is 0 Å². The third-order valence-corrected chi connectivity index (χ3v) is 6.14. The molecule has 0 aliphatic carbocycles. The first-order valence-corrected chi connectivity index (χ1v) is 10.8. The molecule has 0 saturated carbocycles. The zero-order valence-electron chi connectivity index (χ0n) is 17.4. The molecule has 3 aromatic carbocycles. The minimum Gasteiger partial charge on any atom is -0.497 e. The van der Waals surface area contributed by atoms with Gasteiger partial charge in [0, 0.05) is 28.7 Å². The first-order valence-electron chi connectivity index (χ1n) is 10.0. The van der Waals surface area contributed by atoms with Crippen LogP contribution >= 0.6 is 15.9 Å². The van der Waals surface area contributed by atoms with Gasteiger partial charge < -0.3 is 10.1 Å². The van der Waals surface area contributed by atoms with Crippen molar-refractivity contribution in [1.82, 2.24) is 5.32 Å². The van der Waals surface area contributed by atoms with Crippen LogP contribution in [0.4, 0.5) is 5.69 Å². The van der Waals surface area contributed by atoms with Crippen molar-refractivity contribution in [2.75, 3.05) is 12.0 Å². The third-order valence-electron chi connectivity index (χ3n) is 5.65. The van der Waals surface area contributed by atoms with Crippen molar-refractivity contribution in [2.24, 2.45) is 0 Å². The zero-order valence-corrected chi connectivity index (χ0v) is 19.0. The summed E-state index contributed by atoms with van der Waals surface area (Å²) in [6.45, 7) is 2.19. The summed E-state index contributed by atoms with van der Waals surface area (Å²) in [4.78, 5) is 28.6. The minimum absolute atomic E-state index is 0.179. The molecule has 6 heteroatoms. The normalized spacial score (nSPS) is 17.8. The second-order valence-corrected chi connectivity index (χ2v) is 8.67. The number of hydrogen-bond acceptors (Lipinski definition) is 3. The standard InChI is InChI=1S/C25H23BrN2O3/c1-25(24(30)27-16-17-10-12-21(31-2)13-11-17)15-18-6-3-4-9-22(18)23(29)28(25)20-8-5-7-19(26)14-20/h3-14H,15-16H2,1-2H3,(H,27,30)/t25-/m1/s1. The van der Waals surface area contributed by atoms with Gasteiger partial charge in [-0.1, -0.05) is 52.3 Å². The van der Waals surface area contributed by atoms with Crippen molar-refractivity contribution < 1.29 is 14.3 Å². The van der Waals surface area contributed by atoms with E-state index < -0.39 is 5.54 Å². The summed E-state index contributed by atoms with van der Waals surface area (Å²) < 4.78 is 6.03. The Labute approximate surface area is 190 Å². The van der Waals surface area contributed by atoms with E-state index in [1.165, 1.54) is 0 Å². The van der Waals surface area contributed by atoms with Crippen LogP contribution in [0.15, 0.2) is 77.3 Å². The number of methoxy groups -OCH3 is 1. The van der Waals surface area contributed by atoms with Gasteiger partial charge in [-0.05, 0) is 54.4 Å². The van der Waals surface area contributed by atoms with Gasteiger partial charge in [0.25, 0.3) is 5.91 Å². The number of hydrogen-bond donors (Lipinski definition) is 1. The van der Waals surface area contributed by atoms with Crippen LogP contribution in [0.25, 0.3) is 0 Å². The Kier molecular flexibility index (Phi) is 5.83. The molecule has 1 atom stereocenters. The fourth-order valence-electron chi connectivity index (χ4n) is 3.99. The Morgan fingerprint density at radius 1 is 1.10 bits per heavy atom. The Hall–Kier alpha value is -3.12. The van der Waals surface area contributed by atoms with Gasteiger partial charge in [-0.3, -0.25) is 14.5 Å². The molecule has 4 rings (SSSR count).